The summed E-state index contributed by atoms with van der Waals surface area (Å²) in [6.45, 7) is 5.84. The second-order valence-corrected chi connectivity index (χ2v) is 6.26. The number of nitrogens with one attached hydrogen (secondary N) is 1. The molecular formula is C18H27N5S. The van der Waals surface area contributed by atoms with Crippen LogP contribution in [-0.2, 0) is 13.1 Å². The molecule has 24 heavy (non-hydrogen) atoms. The second-order valence-electron chi connectivity index (χ2n) is 5.87. The topological polar surface area (TPSA) is 46.0 Å². The summed E-state index contributed by atoms with van der Waals surface area (Å²) in [4.78, 5) is 10.4. The van der Waals surface area contributed by atoms with Gasteiger partial charge in [-0.15, -0.1) is 0 Å². The quantitative estimate of drug-likeness (QED) is 0.529. The molecule has 0 spiro atoms. The highest BCUT2D eigenvalue weighted by molar-refractivity contribution is 7.80. The Bertz CT molecular complexity index is 570. The van der Waals surface area contributed by atoms with E-state index in [1.54, 1.807) is 0 Å². The van der Waals surface area contributed by atoms with Gasteiger partial charge in [-0.2, -0.15) is 0 Å². The predicted octanol–water partition coefficient (Wildman–Crippen LogP) is 3.24. The number of unbranched alkanes of at least 4 members (excludes halogenated alkanes) is 2. The monoisotopic (exact) mass is 345 g/mol. The molecule has 0 amide bonds. The molecular weight excluding hydrogens is 318 g/mol. The molecule has 1 N–H and O–H groups in total. The molecule has 0 saturated heterocycles. The lowest BCUT2D eigenvalue weighted by atomic mass is 10.2. The fourth-order valence-corrected chi connectivity index (χ4v) is 2.76. The highest BCUT2D eigenvalue weighted by atomic mass is 32.1. The van der Waals surface area contributed by atoms with Crippen molar-refractivity contribution < 1.29 is 0 Å². The van der Waals surface area contributed by atoms with Gasteiger partial charge in [-0.3, -0.25) is 4.98 Å². The van der Waals surface area contributed by atoms with Gasteiger partial charge in [0.2, 0.25) is 0 Å². The SMILES string of the molecule is CCCCCNC(=S)N(CCCn1ccnc1)Cc1ccncc1. The Morgan fingerprint density at radius 1 is 1.17 bits per heavy atom. The lowest BCUT2D eigenvalue weighted by Gasteiger charge is -2.26. The number of aromatic nitrogens is 3. The standard InChI is InChI=1S/C18H27N5S/c1-2-3-4-8-21-18(24)23(15-17-6-9-19-10-7-17)13-5-12-22-14-11-20-16-22/h6-7,9-11,14,16H,2-5,8,12-13,15H2,1H3,(H,21,24). The maximum absolute atomic E-state index is 5.62. The Hall–Kier alpha value is -1.95. The Morgan fingerprint density at radius 3 is 2.71 bits per heavy atom. The first-order chi connectivity index (χ1) is 11.8. The molecule has 0 radical (unpaired) electrons. The zero-order chi connectivity index (χ0) is 17.0. The molecule has 130 valence electrons. The van der Waals surface area contributed by atoms with E-state index in [1.807, 2.05) is 43.2 Å². The van der Waals surface area contributed by atoms with E-state index < -0.39 is 0 Å². The third-order valence-corrected chi connectivity index (χ3v) is 4.27. The van der Waals surface area contributed by atoms with Gasteiger partial charge in [0.15, 0.2) is 5.11 Å². The highest BCUT2D eigenvalue weighted by Crippen LogP contribution is 2.06. The van der Waals surface area contributed by atoms with Crippen molar-refractivity contribution in [3.05, 3.63) is 48.8 Å². The fraction of sp³-hybridized carbons (Fsp3) is 0.500. The van der Waals surface area contributed by atoms with Gasteiger partial charge in [0.05, 0.1) is 6.33 Å². The van der Waals surface area contributed by atoms with Crippen molar-refractivity contribution in [2.45, 2.75) is 45.7 Å². The maximum Gasteiger partial charge on any atom is 0.169 e. The summed E-state index contributed by atoms with van der Waals surface area (Å²) in [6, 6.07) is 4.09. The lowest BCUT2D eigenvalue weighted by molar-refractivity contribution is 0.384. The lowest BCUT2D eigenvalue weighted by Crippen LogP contribution is -2.40. The molecule has 0 bridgehead atoms. The third-order valence-electron chi connectivity index (χ3n) is 3.87. The van der Waals surface area contributed by atoms with Crippen LogP contribution >= 0.6 is 12.2 Å². The van der Waals surface area contributed by atoms with Crippen molar-refractivity contribution >= 4 is 17.3 Å². The summed E-state index contributed by atoms with van der Waals surface area (Å²) in [6.07, 6.45) is 14.0. The number of imidazole rings is 1. The van der Waals surface area contributed by atoms with Gasteiger partial charge < -0.3 is 14.8 Å². The molecule has 0 aliphatic carbocycles. The van der Waals surface area contributed by atoms with Crippen LogP contribution in [0.25, 0.3) is 0 Å². The van der Waals surface area contributed by atoms with Gasteiger partial charge in [-0.1, -0.05) is 19.8 Å². The van der Waals surface area contributed by atoms with Gasteiger partial charge in [0, 0.05) is 51.0 Å². The van der Waals surface area contributed by atoms with Crippen LogP contribution in [-0.4, -0.2) is 37.6 Å². The van der Waals surface area contributed by atoms with Crippen molar-refractivity contribution in [1.82, 2.24) is 24.8 Å². The Kier molecular flexibility index (Phi) is 8.24. The van der Waals surface area contributed by atoms with Crippen LogP contribution in [0.15, 0.2) is 43.2 Å². The molecule has 2 aromatic rings. The minimum atomic E-state index is 0.812. The molecule has 0 fully saturated rings. The third kappa shape index (κ3) is 6.66. The Morgan fingerprint density at radius 2 is 2.00 bits per heavy atom. The molecule has 6 heteroatoms. The smallest absolute Gasteiger partial charge is 0.169 e. The van der Waals surface area contributed by atoms with E-state index in [-0.39, 0.29) is 0 Å². The first-order valence-corrected chi connectivity index (χ1v) is 9.08. The van der Waals surface area contributed by atoms with Crippen LogP contribution in [0, 0.1) is 0 Å². The highest BCUT2D eigenvalue weighted by Gasteiger charge is 2.10. The molecule has 2 aromatic heterocycles. The summed E-state index contributed by atoms with van der Waals surface area (Å²) in [5, 5.41) is 4.25. The van der Waals surface area contributed by atoms with Crippen molar-refractivity contribution in [2.24, 2.45) is 0 Å². The van der Waals surface area contributed by atoms with Crippen molar-refractivity contribution in [3.63, 3.8) is 0 Å². The molecule has 2 heterocycles. The molecule has 2 rings (SSSR count). The van der Waals surface area contributed by atoms with E-state index >= 15 is 0 Å². The van der Waals surface area contributed by atoms with Crippen molar-refractivity contribution in [3.8, 4) is 0 Å². The normalized spacial score (nSPS) is 10.5. The molecule has 0 aromatic carbocycles. The van der Waals surface area contributed by atoms with Crippen LogP contribution in [0.2, 0.25) is 0 Å². The summed E-state index contributed by atoms with van der Waals surface area (Å²) >= 11 is 5.62. The van der Waals surface area contributed by atoms with E-state index in [9.17, 15) is 0 Å². The number of nitrogens with zero attached hydrogens (tertiary/aromatic N) is 4. The number of aryl methyl sites for hydroxylation is 1. The second kappa shape index (κ2) is 10.8. The number of pyridine rings is 1. The van der Waals surface area contributed by atoms with Crippen LogP contribution in [0.5, 0.6) is 0 Å². The first-order valence-electron chi connectivity index (χ1n) is 8.67. The zero-order valence-electron chi connectivity index (χ0n) is 14.4. The van der Waals surface area contributed by atoms with Crippen LogP contribution < -0.4 is 5.32 Å². The molecule has 0 aliphatic heterocycles. The molecule has 0 unspecified atom stereocenters. The first kappa shape index (κ1) is 18.4. The average Bonchev–Trinajstić information content (AvgIpc) is 3.12. The van der Waals surface area contributed by atoms with E-state index in [1.165, 1.54) is 18.4 Å². The largest absolute Gasteiger partial charge is 0.363 e. The van der Waals surface area contributed by atoms with Gasteiger partial charge in [-0.05, 0) is 42.8 Å². The molecule has 0 saturated carbocycles. The van der Waals surface area contributed by atoms with E-state index in [4.69, 9.17) is 12.2 Å². The minimum absolute atomic E-state index is 0.812. The summed E-state index contributed by atoms with van der Waals surface area (Å²) in [7, 11) is 0. The molecule has 0 atom stereocenters. The number of hydrogen-bond donors (Lipinski definition) is 1. The van der Waals surface area contributed by atoms with E-state index in [0.29, 0.717) is 0 Å². The van der Waals surface area contributed by atoms with E-state index in [2.05, 4.69) is 31.7 Å². The van der Waals surface area contributed by atoms with Gasteiger partial charge in [0.1, 0.15) is 0 Å². The van der Waals surface area contributed by atoms with Crippen molar-refractivity contribution in [1.29, 1.82) is 0 Å². The number of rotatable bonds is 10. The van der Waals surface area contributed by atoms with Gasteiger partial charge >= 0.3 is 0 Å². The van der Waals surface area contributed by atoms with Crippen LogP contribution in [0.3, 0.4) is 0 Å². The number of thiocarbonyl (C=S) groups is 1. The average molecular weight is 346 g/mol. The Balaban J connectivity index is 1.86. The van der Waals surface area contributed by atoms with Crippen molar-refractivity contribution in [2.75, 3.05) is 13.1 Å². The van der Waals surface area contributed by atoms with Gasteiger partial charge in [-0.25, -0.2) is 4.98 Å². The van der Waals surface area contributed by atoms with Gasteiger partial charge in [0.25, 0.3) is 0 Å². The number of hydrogen-bond acceptors (Lipinski definition) is 3. The van der Waals surface area contributed by atoms with Crippen LogP contribution in [0.4, 0.5) is 0 Å². The minimum Gasteiger partial charge on any atom is -0.363 e. The van der Waals surface area contributed by atoms with E-state index in [0.717, 1.165) is 44.1 Å². The predicted molar refractivity (Wildman–Crippen MR) is 102 cm³/mol. The van der Waals surface area contributed by atoms with Crippen LogP contribution in [0.1, 0.15) is 38.2 Å². The summed E-state index contributed by atoms with van der Waals surface area (Å²) in [5.74, 6) is 0. The molecule has 0 aliphatic rings. The maximum atomic E-state index is 5.62. The zero-order valence-corrected chi connectivity index (χ0v) is 15.2. The summed E-state index contributed by atoms with van der Waals surface area (Å²) in [5.41, 5.74) is 1.23. The summed E-state index contributed by atoms with van der Waals surface area (Å²) < 4.78 is 2.10. The Labute approximate surface area is 150 Å². The fourth-order valence-electron chi connectivity index (χ4n) is 2.51. The molecule has 5 nitrogen and oxygen atoms in total.